The second-order valence-electron chi connectivity index (χ2n) is 6.46. The highest BCUT2D eigenvalue weighted by atomic mass is 19.4. The highest BCUT2D eigenvalue weighted by Gasteiger charge is 2.24. The molecule has 1 saturated carbocycles. The van der Waals surface area contributed by atoms with Gasteiger partial charge in [0, 0.05) is 23.6 Å². The summed E-state index contributed by atoms with van der Waals surface area (Å²) in [7, 11) is 0. The second kappa shape index (κ2) is 8.77. The normalized spacial score (nSPS) is 17.1. The van der Waals surface area contributed by atoms with Crippen LogP contribution in [0.4, 0.5) is 34.0 Å². The number of carbonyl (C=O) groups excluding carboxylic acids is 1. The minimum absolute atomic E-state index is 0.0299. The van der Waals surface area contributed by atoms with E-state index in [9.17, 15) is 22.4 Å². The maximum Gasteiger partial charge on any atom is 0.379 e. The standard InChI is InChI=1S/C18H16FN5O.CHF3/c19-13-9-21-17(20)22-16(13)8-11-3-5-12-14(6-4-10-1-2-10)23-18(25)24-15(12)7-11;2-1(3)4/h3,5,7,9-10,14H,1-2,8H2,(H2,20,21,22)(H2,23,24,25);1H/t14-;/m0./s1. The van der Waals surface area contributed by atoms with Crippen LogP contribution in [0, 0.1) is 23.6 Å². The third-order valence-corrected chi connectivity index (χ3v) is 4.17. The van der Waals surface area contributed by atoms with E-state index in [2.05, 4.69) is 32.4 Å². The Morgan fingerprint density at radius 1 is 1.24 bits per heavy atom. The van der Waals surface area contributed by atoms with Crippen LogP contribution in [0.15, 0.2) is 24.4 Å². The Morgan fingerprint density at radius 3 is 2.66 bits per heavy atom. The van der Waals surface area contributed by atoms with Gasteiger partial charge in [-0.05, 0) is 24.5 Å². The summed E-state index contributed by atoms with van der Waals surface area (Å²) >= 11 is 0. The average Bonchev–Trinajstić information content (AvgIpc) is 3.46. The molecule has 0 spiro atoms. The molecule has 1 atom stereocenters. The first-order chi connectivity index (χ1) is 13.8. The van der Waals surface area contributed by atoms with Crippen molar-refractivity contribution in [3.8, 4) is 11.8 Å². The fourth-order valence-corrected chi connectivity index (χ4v) is 2.72. The zero-order valence-electron chi connectivity index (χ0n) is 15.1. The van der Waals surface area contributed by atoms with E-state index in [4.69, 9.17) is 5.73 Å². The van der Waals surface area contributed by atoms with E-state index in [1.54, 1.807) is 0 Å². The number of benzene rings is 1. The molecule has 0 saturated heterocycles. The van der Waals surface area contributed by atoms with Gasteiger partial charge >= 0.3 is 12.7 Å². The van der Waals surface area contributed by atoms with E-state index in [-0.39, 0.29) is 30.1 Å². The number of urea groups is 1. The average molecular weight is 407 g/mol. The van der Waals surface area contributed by atoms with Crippen molar-refractivity contribution in [1.82, 2.24) is 15.3 Å². The molecule has 4 rings (SSSR count). The third kappa shape index (κ3) is 5.81. The highest BCUT2D eigenvalue weighted by molar-refractivity contribution is 5.93. The molecule has 1 fully saturated rings. The maximum absolute atomic E-state index is 13.8. The fourth-order valence-electron chi connectivity index (χ4n) is 2.72. The lowest BCUT2D eigenvalue weighted by atomic mass is 9.98. The van der Waals surface area contributed by atoms with Gasteiger partial charge in [0.1, 0.15) is 6.04 Å². The lowest BCUT2D eigenvalue weighted by Gasteiger charge is -2.24. The Morgan fingerprint density at radius 2 is 1.97 bits per heavy atom. The number of aromatic nitrogens is 2. The van der Waals surface area contributed by atoms with Crippen molar-refractivity contribution in [1.29, 1.82) is 0 Å². The fraction of sp³-hybridized carbons (Fsp3) is 0.316. The zero-order chi connectivity index (χ0) is 21.0. The zero-order valence-corrected chi connectivity index (χ0v) is 15.1. The lowest BCUT2D eigenvalue weighted by molar-refractivity contribution is 0.00819. The number of alkyl halides is 3. The molecule has 1 aromatic heterocycles. The second-order valence-corrected chi connectivity index (χ2v) is 6.46. The monoisotopic (exact) mass is 407 g/mol. The molecule has 1 aliphatic heterocycles. The Balaban J connectivity index is 0.000000552. The van der Waals surface area contributed by atoms with Gasteiger partial charge in [-0.25, -0.2) is 19.2 Å². The minimum atomic E-state index is -3.67. The van der Waals surface area contributed by atoms with Crippen LogP contribution >= 0.6 is 0 Å². The van der Waals surface area contributed by atoms with Crippen molar-refractivity contribution in [3.63, 3.8) is 0 Å². The summed E-state index contributed by atoms with van der Waals surface area (Å²) in [6.07, 6.45) is 3.58. The predicted octanol–water partition coefficient (Wildman–Crippen LogP) is 3.56. The first kappa shape index (κ1) is 20.4. The van der Waals surface area contributed by atoms with E-state index < -0.39 is 12.5 Å². The Hall–Kier alpha value is -3.35. The number of halogens is 4. The van der Waals surface area contributed by atoms with Crippen molar-refractivity contribution in [2.45, 2.75) is 32.0 Å². The molecule has 0 unspecified atom stereocenters. The van der Waals surface area contributed by atoms with Gasteiger partial charge < -0.3 is 16.4 Å². The van der Waals surface area contributed by atoms with Crippen LogP contribution in [0.1, 0.15) is 35.7 Å². The van der Waals surface area contributed by atoms with Crippen LogP contribution in [0.3, 0.4) is 0 Å². The van der Waals surface area contributed by atoms with E-state index >= 15 is 0 Å². The van der Waals surface area contributed by atoms with Gasteiger partial charge in [0.25, 0.3) is 0 Å². The lowest BCUT2D eigenvalue weighted by Crippen LogP contribution is -2.37. The van der Waals surface area contributed by atoms with Gasteiger partial charge in [-0.1, -0.05) is 24.0 Å². The number of amides is 2. The van der Waals surface area contributed by atoms with Crippen LogP contribution in [-0.2, 0) is 6.42 Å². The number of hydrogen-bond acceptors (Lipinski definition) is 4. The number of nitrogens with zero attached hydrogens (tertiary/aromatic N) is 2. The topological polar surface area (TPSA) is 92.9 Å². The molecule has 6 nitrogen and oxygen atoms in total. The summed E-state index contributed by atoms with van der Waals surface area (Å²) in [5.41, 5.74) is 8.14. The molecule has 2 aliphatic rings. The molecule has 4 N–H and O–H groups in total. The SMILES string of the molecule is FC(F)F.Nc1ncc(F)c(Cc2ccc3c(c2)NC(=O)N[C@H]3C#CC2CC2)n1. The van der Waals surface area contributed by atoms with Crippen molar-refractivity contribution in [3.05, 3.63) is 47.0 Å². The van der Waals surface area contributed by atoms with Gasteiger partial charge in [-0.3, -0.25) is 0 Å². The first-order valence-corrected chi connectivity index (χ1v) is 8.72. The van der Waals surface area contributed by atoms with Crippen molar-refractivity contribution in [2.24, 2.45) is 5.92 Å². The highest BCUT2D eigenvalue weighted by Crippen LogP contribution is 2.31. The molecular formula is C19H17F4N5O. The van der Waals surface area contributed by atoms with Crippen molar-refractivity contribution >= 4 is 17.7 Å². The van der Waals surface area contributed by atoms with Crippen molar-refractivity contribution < 1.29 is 22.4 Å². The molecule has 2 amide bonds. The van der Waals surface area contributed by atoms with E-state index in [1.165, 1.54) is 0 Å². The number of hydrogen-bond donors (Lipinski definition) is 3. The Kier molecular flexibility index (Phi) is 6.16. The van der Waals surface area contributed by atoms with Gasteiger partial charge in [0.15, 0.2) is 5.82 Å². The summed E-state index contributed by atoms with van der Waals surface area (Å²) in [4.78, 5) is 19.4. The molecule has 10 heteroatoms. The first-order valence-electron chi connectivity index (χ1n) is 8.72. The Labute approximate surface area is 163 Å². The van der Waals surface area contributed by atoms with Gasteiger partial charge in [0.2, 0.25) is 5.95 Å². The quantitative estimate of drug-likeness (QED) is 0.524. The van der Waals surface area contributed by atoms with E-state index in [0.29, 0.717) is 11.6 Å². The van der Waals surface area contributed by atoms with E-state index in [0.717, 1.165) is 30.2 Å². The summed E-state index contributed by atoms with van der Waals surface area (Å²) in [5.74, 6) is 6.30. The number of fused-ring (bicyclic) bond motifs is 1. The number of anilines is 2. The van der Waals surface area contributed by atoms with Gasteiger partial charge in [-0.15, -0.1) is 0 Å². The molecule has 1 aromatic carbocycles. The van der Waals surface area contributed by atoms with Gasteiger partial charge in [-0.2, -0.15) is 13.2 Å². The summed E-state index contributed by atoms with van der Waals surface area (Å²) in [6.45, 7) is -3.67. The summed E-state index contributed by atoms with van der Waals surface area (Å²) in [6, 6.07) is 4.97. The van der Waals surface area contributed by atoms with Crippen LogP contribution in [0.5, 0.6) is 0 Å². The molecule has 2 heterocycles. The maximum atomic E-state index is 13.8. The molecule has 29 heavy (non-hydrogen) atoms. The van der Waals surface area contributed by atoms with Gasteiger partial charge in [0.05, 0.1) is 11.9 Å². The largest absolute Gasteiger partial charge is 0.379 e. The molecule has 2 aromatic rings. The molecular weight excluding hydrogens is 390 g/mol. The van der Waals surface area contributed by atoms with Crippen LogP contribution in [-0.4, -0.2) is 22.7 Å². The van der Waals surface area contributed by atoms with Crippen LogP contribution < -0.4 is 16.4 Å². The molecule has 0 radical (unpaired) electrons. The number of carbonyl (C=O) groups is 1. The number of nitrogens with one attached hydrogen (secondary N) is 2. The number of rotatable bonds is 2. The summed E-state index contributed by atoms with van der Waals surface area (Å²) in [5, 5.41) is 5.60. The molecule has 0 bridgehead atoms. The summed E-state index contributed by atoms with van der Waals surface area (Å²) < 4.78 is 42.8. The smallest absolute Gasteiger partial charge is 0.368 e. The van der Waals surface area contributed by atoms with Crippen molar-refractivity contribution in [2.75, 3.05) is 11.1 Å². The third-order valence-electron chi connectivity index (χ3n) is 4.17. The molecule has 152 valence electrons. The van der Waals surface area contributed by atoms with Crippen LogP contribution in [0.25, 0.3) is 0 Å². The Bertz CT molecular complexity index is 966. The number of nitrogens with two attached hydrogens (primary N) is 1. The van der Waals surface area contributed by atoms with Crippen LogP contribution in [0.2, 0.25) is 0 Å². The molecule has 1 aliphatic carbocycles. The minimum Gasteiger partial charge on any atom is -0.368 e. The number of nitrogen functional groups attached to an aromatic ring is 1. The van der Waals surface area contributed by atoms with E-state index in [1.807, 2.05) is 18.2 Å². The predicted molar refractivity (Wildman–Crippen MR) is 98.2 cm³/mol.